The molecule has 1 aliphatic heterocycles. The first-order valence-electron chi connectivity index (χ1n) is 8.88. The van der Waals surface area contributed by atoms with Crippen molar-refractivity contribution in [3.63, 3.8) is 0 Å². The van der Waals surface area contributed by atoms with Gasteiger partial charge >= 0.3 is 5.69 Å². The van der Waals surface area contributed by atoms with Crippen LogP contribution >= 0.6 is 0 Å². The van der Waals surface area contributed by atoms with Gasteiger partial charge in [0.1, 0.15) is 0 Å². The Hall–Kier alpha value is -2.61. The molecule has 1 aromatic heterocycles. The lowest BCUT2D eigenvalue weighted by Gasteiger charge is -2.22. The van der Waals surface area contributed by atoms with Crippen molar-refractivity contribution in [3.8, 4) is 22.8 Å². The molecule has 0 aliphatic carbocycles. The first kappa shape index (κ1) is 18.2. The zero-order valence-corrected chi connectivity index (χ0v) is 15.4. The van der Waals surface area contributed by atoms with Crippen LogP contribution < -0.4 is 9.47 Å². The van der Waals surface area contributed by atoms with Crippen LogP contribution in [0.25, 0.3) is 11.3 Å². The normalized spacial score (nSPS) is 14.1. The fourth-order valence-electron chi connectivity index (χ4n) is 3.14. The van der Waals surface area contributed by atoms with Gasteiger partial charge in [-0.2, -0.15) is 5.10 Å². The molecular formula is C18H24N4O4. The lowest BCUT2D eigenvalue weighted by molar-refractivity contribution is -0.385. The third kappa shape index (κ3) is 3.50. The monoisotopic (exact) mass is 360 g/mol. The average Bonchev–Trinajstić information content (AvgIpc) is 3.03. The van der Waals surface area contributed by atoms with Crippen molar-refractivity contribution in [2.24, 2.45) is 0 Å². The van der Waals surface area contributed by atoms with E-state index in [4.69, 9.17) is 9.47 Å². The number of hydrogen-bond donors (Lipinski definition) is 1. The van der Waals surface area contributed by atoms with Gasteiger partial charge in [-0.05, 0) is 26.5 Å². The molecule has 3 rings (SSSR count). The quantitative estimate of drug-likeness (QED) is 0.602. The van der Waals surface area contributed by atoms with E-state index >= 15 is 0 Å². The summed E-state index contributed by atoms with van der Waals surface area (Å²) in [5.41, 5.74) is 3.47. The van der Waals surface area contributed by atoms with Gasteiger partial charge in [-0.25, -0.2) is 0 Å². The third-order valence-electron chi connectivity index (χ3n) is 4.38. The fourth-order valence-corrected chi connectivity index (χ4v) is 3.14. The second kappa shape index (κ2) is 7.74. The lowest BCUT2D eigenvalue weighted by atomic mass is 10.0. The highest BCUT2D eigenvalue weighted by atomic mass is 16.6. The van der Waals surface area contributed by atoms with Crippen molar-refractivity contribution in [2.75, 3.05) is 26.8 Å². The molecule has 1 N–H and O–H groups in total. The highest BCUT2D eigenvalue weighted by Crippen LogP contribution is 2.42. The van der Waals surface area contributed by atoms with E-state index in [1.807, 2.05) is 13.8 Å². The highest BCUT2D eigenvalue weighted by molar-refractivity contribution is 5.73. The minimum absolute atomic E-state index is 0.0969. The maximum Gasteiger partial charge on any atom is 0.315 e. The maximum atomic E-state index is 11.6. The molecule has 0 spiro atoms. The van der Waals surface area contributed by atoms with Gasteiger partial charge in [0, 0.05) is 42.4 Å². The van der Waals surface area contributed by atoms with Crippen molar-refractivity contribution in [1.29, 1.82) is 0 Å². The third-order valence-corrected chi connectivity index (χ3v) is 4.38. The summed E-state index contributed by atoms with van der Waals surface area (Å²) in [4.78, 5) is 13.4. The predicted molar refractivity (Wildman–Crippen MR) is 97.7 cm³/mol. The van der Waals surface area contributed by atoms with Crippen LogP contribution in [0.1, 0.15) is 31.5 Å². The summed E-state index contributed by atoms with van der Waals surface area (Å²) in [5, 5.41) is 19.1. The van der Waals surface area contributed by atoms with Crippen LogP contribution in [0.5, 0.6) is 11.5 Å². The van der Waals surface area contributed by atoms with E-state index in [0.717, 1.165) is 42.9 Å². The van der Waals surface area contributed by atoms with Crippen molar-refractivity contribution in [3.05, 3.63) is 33.5 Å². The molecule has 8 nitrogen and oxygen atoms in total. The minimum Gasteiger partial charge on any atom is -0.490 e. The molecule has 140 valence electrons. The molecule has 0 bridgehead atoms. The van der Waals surface area contributed by atoms with E-state index < -0.39 is 4.92 Å². The Labute approximate surface area is 152 Å². The molecule has 2 aromatic rings. The van der Waals surface area contributed by atoms with Gasteiger partial charge in [-0.1, -0.05) is 6.92 Å². The number of benzene rings is 1. The number of aromatic nitrogens is 2. The second-order valence-corrected chi connectivity index (χ2v) is 6.38. The van der Waals surface area contributed by atoms with Gasteiger partial charge in [0.2, 0.25) is 5.75 Å². The number of nitro groups is 1. The second-order valence-electron chi connectivity index (χ2n) is 6.38. The molecule has 0 radical (unpaired) electrons. The summed E-state index contributed by atoms with van der Waals surface area (Å²) in [5.74, 6) is 0.565. The smallest absolute Gasteiger partial charge is 0.315 e. The number of likely N-dealkylation sites (N-methyl/N-ethyl adjacent to an activating group) is 1. The highest BCUT2D eigenvalue weighted by Gasteiger charge is 2.27. The number of nitrogens with zero attached hydrogens (tertiary/aromatic N) is 3. The zero-order valence-electron chi connectivity index (χ0n) is 15.4. The Balaban J connectivity index is 2.11. The van der Waals surface area contributed by atoms with E-state index in [2.05, 4.69) is 22.1 Å². The minimum atomic E-state index is -0.428. The van der Waals surface area contributed by atoms with Gasteiger partial charge in [-0.3, -0.25) is 15.2 Å². The number of H-pyrrole nitrogens is 1. The van der Waals surface area contributed by atoms with E-state index in [1.54, 1.807) is 6.07 Å². The average molecular weight is 360 g/mol. The number of fused-ring (bicyclic) bond motifs is 1. The Morgan fingerprint density at radius 2 is 2.15 bits per heavy atom. The van der Waals surface area contributed by atoms with Crippen LogP contribution in [0.15, 0.2) is 12.1 Å². The Bertz CT molecular complexity index is 803. The SMILES string of the molecule is CCCOc1c(OCC)cc(-c2n[nH]c3c2CN(C)CC3)cc1[N+](=O)[O-]. The van der Waals surface area contributed by atoms with Crippen LogP contribution in [0.3, 0.4) is 0 Å². The molecule has 0 fully saturated rings. The molecule has 0 saturated heterocycles. The largest absolute Gasteiger partial charge is 0.490 e. The van der Waals surface area contributed by atoms with E-state index in [9.17, 15) is 10.1 Å². The summed E-state index contributed by atoms with van der Waals surface area (Å²) in [6, 6.07) is 3.31. The van der Waals surface area contributed by atoms with Gasteiger partial charge in [-0.15, -0.1) is 0 Å². The van der Waals surface area contributed by atoms with Gasteiger partial charge in [0.05, 0.1) is 23.8 Å². The molecule has 0 unspecified atom stereocenters. The molecule has 2 heterocycles. The number of rotatable bonds is 7. The number of nitro benzene ring substituents is 1. The summed E-state index contributed by atoms with van der Waals surface area (Å²) in [6.07, 6.45) is 1.64. The summed E-state index contributed by atoms with van der Waals surface area (Å²) < 4.78 is 11.3. The van der Waals surface area contributed by atoms with Gasteiger partial charge in [0.15, 0.2) is 5.75 Å². The Morgan fingerprint density at radius 1 is 1.35 bits per heavy atom. The predicted octanol–water partition coefficient (Wildman–Crippen LogP) is 3.16. The summed E-state index contributed by atoms with van der Waals surface area (Å²) in [7, 11) is 2.05. The Kier molecular flexibility index (Phi) is 5.41. The molecule has 1 aromatic carbocycles. The number of ether oxygens (including phenoxy) is 2. The summed E-state index contributed by atoms with van der Waals surface area (Å²) >= 11 is 0. The first-order chi connectivity index (χ1) is 12.5. The summed E-state index contributed by atoms with van der Waals surface area (Å²) in [6.45, 7) is 6.30. The number of hydrogen-bond acceptors (Lipinski definition) is 6. The lowest BCUT2D eigenvalue weighted by Crippen LogP contribution is -2.26. The van der Waals surface area contributed by atoms with Gasteiger partial charge in [0.25, 0.3) is 0 Å². The first-order valence-corrected chi connectivity index (χ1v) is 8.88. The number of aromatic amines is 1. The van der Waals surface area contributed by atoms with Crippen LogP contribution in [0.4, 0.5) is 5.69 Å². The fraction of sp³-hybridized carbons (Fsp3) is 0.500. The van der Waals surface area contributed by atoms with E-state index in [-0.39, 0.29) is 11.4 Å². The van der Waals surface area contributed by atoms with Crippen LogP contribution in [-0.2, 0) is 13.0 Å². The zero-order chi connectivity index (χ0) is 18.7. The van der Waals surface area contributed by atoms with Crippen molar-refractivity contribution in [1.82, 2.24) is 15.1 Å². The van der Waals surface area contributed by atoms with Crippen LogP contribution in [0, 0.1) is 10.1 Å². The van der Waals surface area contributed by atoms with E-state index in [1.165, 1.54) is 6.07 Å². The number of nitrogens with one attached hydrogen (secondary N) is 1. The van der Waals surface area contributed by atoms with Gasteiger partial charge < -0.3 is 14.4 Å². The molecule has 0 saturated carbocycles. The molecule has 0 atom stereocenters. The van der Waals surface area contributed by atoms with Crippen LogP contribution in [-0.4, -0.2) is 46.8 Å². The molecule has 0 amide bonds. The van der Waals surface area contributed by atoms with E-state index in [0.29, 0.717) is 24.5 Å². The molecule has 8 heteroatoms. The van der Waals surface area contributed by atoms with Crippen molar-refractivity contribution in [2.45, 2.75) is 33.2 Å². The van der Waals surface area contributed by atoms with Crippen molar-refractivity contribution < 1.29 is 14.4 Å². The maximum absolute atomic E-state index is 11.6. The standard InChI is InChI=1S/C18H24N4O4/c1-4-8-26-18-15(22(23)24)9-12(10-16(18)25-5-2)17-13-11-21(3)7-6-14(13)19-20-17/h9-10H,4-8,11H2,1-3H3,(H,19,20). The molecule has 1 aliphatic rings. The molecular weight excluding hydrogens is 336 g/mol. The van der Waals surface area contributed by atoms with Crippen molar-refractivity contribution >= 4 is 5.69 Å². The Morgan fingerprint density at radius 3 is 2.85 bits per heavy atom. The molecule has 26 heavy (non-hydrogen) atoms. The van der Waals surface area contributed by atoms with Crippen LogP contribution in [0.2, 0.25) is 0 Å². The topological polar surface area (TPSA) is 93.5 Å².